The second-order valence-corrected chi connectivity index (χ2v) is 10.1. The minimum Gasteiger partial charge on any atom is -0.309 e. The summed E-state index contributed by atoms with van der Waals surface area (Å²) in [7, 11) is 0. The lowest BCUT2D eigenvalue weighted by Gasteiger charge is -2.14. The fourth-order valence-electron chi connectivity index (χ4n) is 6.26. The zero-order valence-electron chi connectivity index (χ0n) is 21.6. The van der Waals surface area contributed by atoms with Crippen molar-refractivity contribution in [2.45, 2.75) is 0 Å². The molecule has 0 spiro atoms. The van der Waals surface area contributed by atoms with Crippen LogP contribution in [0.5, 0.6) is 0 Å². The van der Waals surface area contributed by atoms with Gasteiger partial charge in [-0.2, -0.15) is 5.26 Å². The largest absolute Gasteiger partial charge is 0.309 e. The van der Waals surface area contributed by atoms with Crippen LogP contribution in [0.25, 0.3) is 66.1 Å². The summed E-state index contributed by atoms with van der Waals surface area (Å²) in [5.41, 5.74) is 9.16. The molecule has 0 aliphatic carbocycles. The minimum atomic E-state index is 0.665. The fourth-order valence-corrected chi connectivity index (χ4v) is 6.26. The van der Waals surface area contributed by atoms with Crippen LogP contribution >= 0.6 is 0 Å². The second kappa shape index (κ2) is 8.73. The molecule has 3 nitrogen and oxygen atoms in total. The van der Waals surface area contributed by atoms with Crippen LogP contribution in [0, 0.1) is 11.3 Å². The number of nitriles is 1. The van der Waals surface area contributed by atoms with E-state index >= 15 is 0 Å². The van der Waals surface area contributed by atoms with Gasteiger partial charge in [-0.25, -0.2) is 0 Å². The molecule has 186 valence electrons. The Morgan fingerprint density at radius 1 is 0.425 bits per heavy atom. The van der Waals surface area contributed by atoms with E-state index in [1.807, 2.05) is 12.1 Å². The molecular formula is C37H23N3. The molecule has 6 aromatic carbocycles. The van der Waals surface area contributed by atoms with E-state index in [0.29, 0.717) is 5.56 Å². The summed E-state index contributed by atoms with van der Waals surface area (Å²) in [4.78, 5) is 0. The van der Waals surface area contributed by atoms with Gasteiger partial charge in [0.15, 0.2) is 0 Å². The maximum atomic E-state index is 10.5. The van der Waals surface area contributed by atoms with E-state index in [1.165, 1.54) is 32.6 Å². The lowest BCUT2D eigenvalue weighted by Crippen LogP contribution is -1.99. The molecule has 0 aliphatic rings. The van der Waals surface area contributed by atoms with Crippen LogP contribution in [0.2, 0.25) is 0 Å². The molecule has 40 heavy (non-hydrogen) atoms. The van der Waals surface area contributed by atoms with Crippen molar-refractivity contribution < 1.29 is 0 Å². The number of hydrogen-bond donors (Lipinski definition) is 0. The van der Waals surface area contributed by atoms with Crippen molar-refractivity contribution >= 4 is 43.6 Å². The van der Waals surface area contributed by atoms with Gasteiger partial charge in [0.05, 0.1) is 33.3 Å². The molecule has 3 heteroatoms. The highest BCUT2D eigenvalue weighted by atomic mass is 15.0. The normalized spacial score (nSPS) is 11.5. The Labute approximate surface area is 231 Å². The van der Waals surface area contributed by atoms with Crippen LogP contribution < -0.4 is 0 Å². The number of nitrogens with zero attached hydrogens (tertiary/aromatic N) is 3. The van der Waals surface area contributed by atoms with Gasteiger partial charge in [0.2, 0.25) is 0 Å². The SMILES string of the molecule is N#Cc1c(-c2ccc(-n3c4ccccc4c4ccccc43)cc2)cccc1-n1c2ccccc2c2ccccc21. The third kappa shape index (κ3) is 3.17. The predicted octanol–water partition coefficient (Wildman–Crippen LogP) is 9.42. The summed E-state index contributed by atoms with van der Waals surface area (Å²) in [5.74, 6) is 0. The first-order valence-electron chi connectivity index (χ1n) is 13.4. The third-order valence-corrected chi connectivity index (χ3v) is 7.99. The van der Waals surface area contributed by atoms with E-state index in [1.54, 1.807) is 0 Å². The summed E-state index contributed by atoms with van der Waals surface area (Å²) in [6.07, 6.45) is 0. The summed E-state index contributed by atoms with van der Waals surface area (Å²) in [6.45, 7) is 0. The summed E-state index contributed by atoms with van der Waals surface area (Å²) in [6, 6.07) is 51.1. The lowest BCUT2D eigenvalue weighted by molar-refractivity contribution is 1.17. The highest BCUT2D eigenvalue weighted by molar-refractivity contribution is 6.10. The molecule has 0 aliphatic heterocycles. The Balaban J connectivity index is 1.31. The maximum absolute atomic E-state index is 10.5. The van der Waals surface area contributed by atoms with E-state index in [0.717, 1.165) is 33.5 Å². The van der Waals surface area contributed by atoms with Gasteiger partial charge in [-0.05, 0) is 48.0 Å². The molecule has 8 rings (SSSR count). The van der Waals surface area contributed by atoms with E-state index in [2.05, 4.69) is 143 Å². The average Bonchev–Trinajstić information content (AvgIpc) is 3.54. The van der Waals surface area contributed by atoms with Gasteiger partial charge in [0.1, 0.15) is 6.07 Å². The number of fused-ring (bicyclic) bond motifs is 6. The highest BCUT2D eigenvalue weighted by Crippen LogP contribution is 2.37. The van der Waals surface area contributed by atoms with Crippen LogP contribution in [0.15, 0.2) is 140 Å². The molecule has 2 heterocycles. The third-order valence-electron chi connectivity index (χ3n) is 7.99. The topological polar surface area (TPSA) is 33.6 Å². The molecule has 0 N–H and O–H groups in total. The molecule has 0 fully saturated rings. The van der Waals surface area contributed by atoms with E-state index < -0.39 is 0 Å². The van der Waals surface area contributed by atoms with E-state index in [9.17, 15) is 5.26 Å². The monoisotopic (exact) mass is 509 g/mol. The average molecular weight is 510 g/mol. The van der Waals surface area contributed by atoms with Crippen molar-refractivity contribution in [2.24, 2.45) is 0 Å². The van der Waals surface area contributed by atoms with Gasteiger partial charge in [-0.1, -0.05) is 97.1 Å². The molecule has 8 aromatic rings. The second-order valence-electron chi connectivity index (χ2n) is 10.1. The van der Waals surface area contributed by atoms with Crippen LogP contribution in [0.4, 0.5) is 0 Å². The molecule has 0 atom stereocenters. The minimum absolute atomic E-state index is 0.665. The van der Waals surface area contributed by atoms with Crippen molar-refractivity contribution in [3.8, 4) is 28.6 Å². The summed E-state index contributed by atoms with van der Waals surface area (Å²) < 4.78 is 4.54. The van der Waals surface area contributed by atoms with Crippen LogP contribution in [0.1, 0.15) is 5.56 Å². The number of benzene rings is 6. The standard InChI is InChI=1S/C37H23N3/c38-24-32-27(14-9-19-37(32)40-35-17-7-3-12-30(35)31-13-4-8-18-36(31)40)25-20-22-26(23-21-25)39-33-15-5-1-10-28(33)29-11-2-6-16-34(29)39/h1-23H. The summed E-state index contributed by atoms with van der Waals surface area (Å²) in [5, 5.41) is 15.3. The smallest absolute Gasteiger partial charge is 0.102 e. The molecule has 0 amide bonds. The van der Waals surface area contributed by atoms with E-state index in [4.69, 9.17) is 0 Å². The van der Waals surface area contributed by atoms with E-state index in [-0.39, 0.29) is 0 Å². The first-order valence-corrected chi connectivity index (χ1v) is 13.4. The first-order chi connectivity index (χ1) is 19.8. The predicted molar refractivity (Wildman–Crippen MR) is 165 cm³/mol. The van der Waals surface area contributed by atoms with Crippen LogP contribution in [0.3, 0.4) is 0 Å². The van der Waals surface area contributed by atoms with Crippen LogP contribution in [-0.2, 0) is 0 Å². The van der Waals surface area contributed by atoms with Crippen molar-refractivity contribution in [2.75, 3.05) is 0 Å². The maximum Gasteiger partial charge on any atom is 0.102 e. The molecule has 0 saturated heterocycles. The quantitative estimate of drug-likeness (QED) is 0.233. The Morgan fingerprint density at radius 3 is 1.35 bits per heavy atom. The lowest BCUT2D eigenvalue weighted by atomic mass is 9.98. The Kier molecular flexibility index (Phi) is 4.89. The summed E-state index contributed by atoms with van der Waals surface area (Å²) >= 11 is 0. The van der Waals surface area contributed by atoms with Gasteiger partial charge in [0, 0.05) is 32.8 Å². The highest BCUT2D eigenvalue weighted by Gasteiger charge is 2.17. The van der Waals surface area contributed by atoms with Gasteiger partial charge < -0.3 is 9.13 Å². The van der Waals surface area contributed by atoms with Crippen molar-refractivity contribution in [1.29, 1.82) is 5.26 Å². The Bertz CT molecular complexity index is 2170. The first kappa shape index (κ1) is 22.4. The van der Waals surface area contributed by atoms with Gasteiger partial charge in [-0.3, -0.25) is 0 Å². The Hall–Kier alpha value is -5.59. The number of para-hydroxylation sites is 4. The molecule has 0 saturated carbocycles. The van der Waals surface area contributed by atoms with Crippen LogP contribution in [-0.4, -0.2) is 9.13 Å². The molecule has 2 aromatic heterocycles. The van der Waals surface area contributed by atoms with Gasteiger partial charge in [-0.15, -0.1) is 0 Å². The molecular weight excluding hydrogens is 486 g/mol. The molecule has 0 unspecified atom stereocenters. The van der Waals surface area contributed by atoms with Crippen molar-refractivity contribution in [3.05, 3.63) is 145 Å². The Morgan fingerprint density at radius 2 is 0.875 bits per heavy atom. The molecule has 0 radical (unpaired) electrons. The fraction of sp³-hybridized carbons (Fsp3) is 0. The zero-order valence-corrected chi connectivity index (χ0v) is 21.6. The number of hydrogen-bond acceptors (Lipinski definition) is 1. The number of rotatable bonds is 3. The molecule has 0 bridgehead atoms. The van der Waals surface area contributed by atoms with Crippen molar-refractivity contribution in [3.63, 3.8) is 0 Å². The van der Waals surface area contributed by atoms with Crippen molar-refractivity contribution in [1.82, 2.24) is 9.13 Å². The zero-order chi connectivity index (χ0) is 26.6. The number of aromatic nitrogens is 2. The van der Waals surface area contributed by atoms with Gasteiger partial charge >= 0.3 is 0 Å². The van der Waals surface area contributed by atoms with Gasteiger partial charge in [0.25, 0.3) is 0 Å².